The minimum atomic E-state index is -0.641. The molecule has 3 aliphatic carbocycles. The number of rotatable bonds is 5. The van der Waals surface area contributed by atoms with Crippen LogP contribution < -0.4 is 9.64 Å². The van der Waals surface area contributed by atoms with Crippen LogP contribution in [0.1, 0.15) is 66.8 Å². The number of fused-ring (bicyclic) bond motifs is 21. The highest BCUT2D eigenvalue weighted by Gasteiger charge is 2.54. The van der Waals surface area contributed by atoms with E-state index in [2.05, 4.69) is 290 Å². The SMILES string of the molecule is c1ccc(C2(c3ccccc3)c3ccccc3-c3ccc(N(c4ccc5c(c4)-c4ccccc4C54c5ccccc5Sc5ccccc54)c4cccc5c4-c4ccccc4C54c5ccccc5Oc5ccccc54)cc32)cc1. The molecule has 0 fully saturated rings. The molecule has 0 bridgehead atoms. The lowest BCUT2D eigenvalue weighted by molar-refractivity contribution is 0.436. The maximum atomic E-state index is 6.82. The van der Waals surface area contributed by atoms with E-state index in [0.29, 0.717) is 0 Å². The van der Waals surface area contributed by atoms with Gasteiger partial charge in [0, 0.05) is 37.9 Å². The first-order chi connectivity index (χ1) is 38.7. The molecule has 2 heterocycles. The number of hydrogen-bond acceptors (Lipinski definition) is 3. The molecule has 12 aromatic rings. The number of nitrogens with zero attached hydrogens (tertiary/aromatic N) is 1. The largest absolute Gasteiger partial charge is 0.457 e. The maximum absolute atomic E-state index is 6.82. The number of para-hydroxylation sites is 2. The van der Waals surface area contributed by atoms with E-state index in [1.54, 1.807) is 0 Å². The molecule has 17 rings (SSSR count). The van der Waals surface area contributed by atoms with Gasteiger partial charge in [0.15, 0.2) is 0 Å². The minimum Gasteiger partial charge on any atom is -0.457 e. The fourth-order valence-corrected chi connectivity index (χ4v) is 16.2. The van der Waals surface area contributed by atoms with Crippen molar-refractivity contribution in [1.29, 1.82) is 0 Å². The summed E-state index contributed by atoms with van der Waals surface area (Å²) in [6.45, 7) is 0. The summed E-state index contributed by atoms with van der Waals surface area (Å²) in [5.41, 5.74) is 24.1. The Labute approximate surface area is 458 Å². The van der Waals surface area contributed by atoms with Crippen LogP contribution in [0.5, 0.6) is 11.5 Å². The average Bonchev–Trinajstić information content (AvgIpc) is 3.98. The molecule has 5 aliphatic rings. The molecular weight excluding hydrogens is 963 g/mol. The van der Waals surface area contributed by atoms with Gasteiger partial charge in [0.25, 0.3) is 0 Å². The number of ether oxygens (including phenoxy) is 1. The van der Waals surface area contributed by atoms with Crippen molar-refractivity contribution in [3.05, 3.63) is 352 Å². The van der Waals surface area contributed by atoms with E-state index in [0.717, 1.165) is 39.7 Å². The molecule has 364 valence electrons. The third-order valence-electron chi connectivity index (χ3n) is 17.9. The van der Waals surface area contributed by atoms with E-state index in [9.17, 15) is 0 Å². The average molecular weight is 1010 g/mol. The second-order valence-corrected chi connectivity index (χ2v) is 22.4. The van der Waals surface area contributed by atoms with Crippen LogP contribution in [0.25, 0.3) is 33.4 Å². The molecule has 0 saturated carbocycles. The fraction of sp³-hybridized carbons (Fsp3) is 0.0400. The van der Waals surface area contributed by atoms with Crippen molar-refractivity contribution in [3.63, 3.8) is 0 Å². The Bertz CT molecular complexity index is 4350. The summed E-state index contributed by atoms with van der Waals surface area (Å²) in [4.78, 5) is 5.18. The lowest BCUT2D eigenvalue weighted by atomic mass is 9.66. The molecule has 0 unspecified atom stereocenters. The maximum Gasteiger partial charge on any atom is 0.132 e. The normalized spacial score (nSPS) is 15.0. The fourth-order valence-electron chi connectivity index (χ4n) is 15.1. The Morgan fingerprint density at radius 1 is 0.269 bits per heavy atom. The monoisotopic (exact) mass is 1010 g/mol. The van der Waals surface area contributed by atoms with Crippen molar-refractivity contribution in [1.82, 2.24) is 0 Å². The van der Waals surface area contributed by atoms with Gasteiger partial charge in [-0.3, -0.25) is 0 Å². The van der Waals surface area contributed by atoms with Crippen LogP contribution >= 0.6 is 11.8 Å². The van der Waals surface area contributed by atoms with Gasteiger partial charge in [0.1, 0.15) is 11.5 Å². The van der Waals surface area contributed by atoms with Crippen molar-refractivity contribution in [3.8, 4) is 44.9 Å². The van der Waals surface area contributed by atoms with Gasteiger partial charge in [-0.15, -0.1) is 0 Å². The Morgan fingerprint density at radius 3 is 1.32 bits per heavy atom. The van der Waals surface area contributed by atoms with E-state index in [1.165, 1.54) is 98.8 Å². The third kappa shape index (κ3) is 5.53. The summed E-state index contributed by atoms with van der Waals surface area (Å²) < 4.78 is 6.82. The van der Waals surface area contributed by atoms with E-state index >= 15 is 0 Å². The van der Waals surface area contributed by atoms with Crippen molar-refractivity contribution in [2.75, 3.05) is 4.90 Å². The predicted molar refractivity (Wildman–Crippen MR) is 317 cm³/mol. The summed E-state index contributed by atoms with van der Waals surface area (Å²) in [7, 11) is 0. The molecule has 12 aromatic carbocycles. The molecular formula is C75H47NOS. The van der Waals surface area contributed by atoms with Crippen LogP contribution in [0.3, 0.4) is 0 Å². The molecule has 0 radical (unpaired) electrons. The van der Waals surface area contributed by atoms with Crippen molar-refractivity contribution in [2.24, 2.45) is 0 Å². The molecule has 2 nitrogen and oxygen atoms in total. The highest BCUT2D eigenvalue weighted by molar-refractivity contribution is 7.99. The first kappa shape index (κ1) is 43.8. The Morgan fingerprint density at radius 2 is 0.692 bits per heavy atom. The number of hydrogen-bond donors (Lipinski definition) is 0. The highest BCUT2D eigenvalue weighted by atomic mass is 32.2. The highest BCUT2D eigenvalue weighted by Crippen LogP contribution is 2.67. The zero-order valence-corrected chi connectivity index (χ0v) is 43.2. The lowest BCUT2D eigenvalue weighted by Gasteiger charge is -2.40. The van der Waals surface area contributed by atoms with Gasteiger partial charge in [0.2, 0.25) is 0 Å². The molecule has 0 N–H and O–H groups in total. The number of benzene rings is 12. The molecule has 0 atom stereocenters. The zero-order valence-electron chi connectivity index (χ0n) is 42.4. The van der Waals surface area contributed by atoms with Crippen LogP contribution in [0.2, 0.25) is 0 Å². The summed E-state index contributed by atoms with van der Waals surface area (Å²) in [6.07, 6.45) is 0. The summed E-state index contributed by atoms with van der Waals surface area (Å²) in [6, 6.07) is 107. The van der Waals surface area contributed by atoms with Crippen molar-refractivity contribution < 1.29 is 4.74 Å². The van der Waals surface area contributed by atoms with Gasteiger partial charge < -0.3 is 9.64 Å². The van der Waals surface area contributed by atoms with Crippen molar-refractivity contribution >= 4 is 28.8 Å². The Balaban J connectivity index is 0.979. The van der Waals surface area contributed by atoms with Crippen LogP contribution in [0.4, 0.5) is 17.1 Å². The summed E-state index contributed by atoms with van der Waals surface area (Å²) in [5, 5.41) is 0. The molecule has 0 aromatic heterocycles. The van der Waals surface area contributed by atoms with Gasteiger partial charge >= 0.3 is 0 Å². The molecule has 0 amide bonds. The van der Waals surface area contributed by atoms with Gasteiger partial charge in [-0.2, -0.15) is 0 Å². The quantitative estimate of drug-likeness (QED) is 0.170. The first-order valence-electron chi connectivity index (χ1n) is 27.1. The van der Waals surface area contributed by atoms with Gasteiger partial charge in [0.05, 0.1) is 21.9 Å². The first-order valence-corrected chi connectivity index (χ1v) is 27.9. The van der Waals surface area contributed by atoms with E-state index in [4.69, 9.17) is 4.74 Å². The topological polar surface area (TPSA) is 12.5 Å². The molecule has 2 spiro atoms. The second-order valence-electron chi connectivity index (χ2n) is 21.3. The van der Waals surface area contributed by atoms with Gasteiger partial charge in [-0.05, 0) is 138 Å². The second kappa shape index (κ2) is 16.3. The third-order valence-corrected chi connectivity index (χ3v) is 19.0. The van der Waals surface area contributed by atoms with Crippen LogP contribution in [-0.4, -0.2) is 0 Å². The van der Waals surface area contributed by atoms with Crippen molar-refractivity contribution in [2.45, 2.75) is 26.0 Å². The van der Waals surface area contributed by atoms with Crippen LogP contribution in [0.15, 0.2) is 295 Å². The number of anilines is 3. The van der Waals surface area contributed by atoms with Gasteiger partial charge in [-0.25, -0.2) is 0 Å². The minimum absolute atomic E-state index is 0.499. The van der Waals surface area contributed by atoms with Crippen LogP contribution in [-0.2, 0) is 16.2 Å². The van der Waals surface area contributed by atoms with Crippen LogP contribution in [0, 0.1) is 0 Å². The molecule has 2 aliphatic heterocycles. The predicted octanol–water partition coefficient (Wildman–Crippen LogP) is 18.8. The smallest absolute Gasteiger partial charge is 0.132 e. The zero-order chi connectivity index (χ0) is 51.2. The van der Waals surface area contributed by atoms with Gasteiger partial charge in [-0.1, -0.05) is 242 Å². The summed E-state index contributed by atoms with van der Waals surface area (Å²) >= 11 is 1.89. The lowest BCUT2D eigenvalue weighted by Crippen LogP contribution is -2.32. The van der Waals surface area contributed by atoms with E-state index in [-0.39, 0.29) is 0 Å². The standard InChI is InChI=1S/C75H47NOS/c1-3-22-48(23-4-1)73(49-24-5-2-6-25-49)57-29-10-7-26-52(57)54-44-42-51(47-66(54)73)76(50-43-45-60-56(46-50)53-27-8-11-30-58(53)74(60)63-34-15-19-40-70(63)78-71-41-20-16-35-64(71)74)67-37-21-36-65-72(67)55-28-9-12-31-59(55)75(65)61-32-13-17-38-68(61)77-69-39-18-14-33-62(69)75/h1-47H. The summed E-state index contributed by atoms with van der Waals surface area (Å²) in [5.74, 6) is 1.76. The molecule has 0 saturated heterocycles. The Hall–Kier alpha value is -9.41. The van der Waals surface area contributed by atoms with E-state index in [1.807, 2.05) is 11.8 Å². The van der Waals surface area contributed by atoms with E-state index < -0.39 is 16.2 Å². The Kier molecular flexibility index (Phi) is 9.15. The molecule has 78 heavy (non-hydrogen) atoms. The molecule has 3 heteroatoms.